The number of Topliss-reactive ketones (excluding diaryl/α,β-unsaturated/α-hetero) is 1. The minimum atomic E-state index is -1.22. The number of anilines is 2. The van der Waals surface area contributed by atoms with Crippen LogP contribution >= 0.6 is 11.8 Å². The van der Waals surface area contributed by atoms with Crippen molar-refractivity contribution in [3.8, 4) is 5.75 Å². The van der Waals surface area contributed by atoms with E-state index in [2.05, 4.69) is 43.8 Å². The van der Waals surface area contributed by atoms with Gasteiger partial charge >= 0.3 is 11.9 Å². The van der Waals surface area contributed by atoms with Gasteiger partial charge in [-0.3, -0.25) is 24.1 Å². The lowest BCUT2D eigenvalue weighted by Gasteiger charge is -2.35. The molecule has 0 aliphatic carbocycles. The number of fused-ring (bicyclic) bond motifs is 1. The van der Waals surface area contributed by atoms with Crippen molar-refractivity contribution in [1.29, 1.82) is 0 Å². The number of unbranched alkanes of at least 4 members (excludes halogenated alkanes) is 2. The van der Waals surface area contributed by atoms with E-state index in [1.807, 2.05) is 18.3 Å². The normalized spacial score (nSPS) is 14.7. The van der Waals surface area contributed by atoms with E-state index in [0.29, 0.717) is 51.5 Å². The number of nitrogens with two attached hydrogens (primary N) is 2. The minimum Gasteiger partial charge on any atom is -0.496 e. The number of ether oxygens (including phenoxy) is 1. The molecular weight excluding hydrogens is 677 g/mol. The van der Waals surface area contributed by atoms with Crippen molar-refractivity contribution in [2.75, 3.05) is 56.6 Å². The number of nitrogens with one attached hydrogen (secondary N) is 1. The Morgan fingerprint density at radius 1 is 1.02 bits per heavy atom. The number of aromatic nitrogens is 3. The Kier molecular flexibility index (Phi) is 14.9. The molecule has 0 saturated carbocycles. The van der Waals surface area contributed by atoms with Gasteiger partial charge in [0, 0.05) is 69.6 Å². The van der Waals surface area contributed by atoms with E-state index in [9.17, 15) is 24.3 Å². The molecule has 1 fully saturated rings. The molecule has 7 N–H and O–H groups in total. The van der Waals surface area contributed by atoms with E-state index in [0.717, 1.165) is 65.5 Å². The lowest BCUT2D eigenvalue weighted by atomic mass is 10.1. The highest BCUT2D eigenvalue weighted by atomic mass is 32.2. The van der Waals surface area contributed by atoms with Crippen LogP contribution in [-0.4, -0.2) is 115 Å². The zero-order valence-corrected chi connectivity index (χ0v) is 30.2. The van der Waals surface area contributed by atoms with E-state index in [1.54, 1.807) is 12.0 Å². The highest BCUT2D eigenvalue weighted by molar-refractivity contribution is 8.00. The lowest BCUT2D eigenvalue weighted by Crippen LogP contribution is -2.48. The maximum Gasteiger partial charge on any atom is 0.321 e. The molecule has 2 atom stereocenters. The van der Waals surface area contributed by atoms with Gasteiger partial charge in [0.05, 0.1) is 30.8 Å². The molecule has 0 radical (unpaired) electrons. The number of hydrogen-bond acceptors (Lipinski definition) is 12. The quantitative estimate of drug-likeness (QED) is 0.0997. The molecule has 2 aromatic heterocycles. The summed E-state index contributed by atoms with van der Waals surface area (Å²) in [5.41, 5.74) is 15.3. The van der Waals surface area contributed by atoms with Gasteiger partial charge in [-0.15, -0.1) is 11.8 Å². The number of amides is 1. The van der Waals surface area contributed by atoms with Gasteiger partial charge in [-0.25, -0.2) is 4.98 Å². The number of thioether (sulfide) groups is 1. The predicted octanol–water partition coefficient (Wildman–Crippen LogP) is 3.04. The molecule has 1 amide bonds. The first-order valence-corrected chi connectivity index (χ1v) is 18.4. The van der Waals surface area contributed by atoms with Gasteiger partial charge in [0.25, 0.3) is 0 Å². The van der Waals surface area contributed by atoms with Crippen molar-refractivity contribution < 1.29 is 34.1 Å². The molecule has 16 heteroatoms. The van der Waals surface area contributed by atoms with Crippen molar-refractivity contribution in [2.45, 2.75) is 76.3 Å². The molecule has 15 nitrogen and oxygen atoms in total. The van der Waals surface area contributed by atoms with Crippen LogP contribution in [-0.2, 0) is 32.3 Å². The Bertz CT molecular complexity index is 1660. The number of hydrogen-bond donors (Lipinski definition) is 5. The van der Waals surface area contributed by atoms with Crippen LogP contribution in [0.1, 0.15) is 63.0 Å². The van der Waals surface area contributed by atoms with Crippen LogP contribution in [0, 0.1) is 0 Å². The van der Waals surface area contributed by atoms with Gasteiger partial charge < -0.3 is 41.2 Å². The Balaban J connectivity index is 1.30. The van der Waals surface area contributed by atoms with Crippen LogP contribution in [0.15, 0.2) is 30.5 Å². The average molecular weight is 727 g/mol. The van der Waals surface area contributed by atoms with Crippen LogP contribution < -0.4 is 21.5 Å². The van der Waals surface area contributed by atoms with Gasteiger partial charge in [0.15, 0.2) is 5.82 Å². The number of nitrogen functional groups attached to an aromatic ring is 1. The van der Waals surface area contributed by atoms with Crippen LogP contribution in [0.3, 0.4) is 0 Å². The molecule has 0 spiro atoms. The summed E-state index contributed by atoms with van der Waals surface area (Å²) in [6.07, 6.45) is 5.36. The summed E-state index contributed by atoms with van der Waals surface area (Å²) >= 11 is 0.934. The monoisotopic (exact) mass is 726 g/mol. The van der Waals surface area contributed by atoms with Crippen molar-refractivity contribution in [1.82, 2.24) is 24.3 Å². The molecule has 0 bridgehead atoms. The fourth-order valence-corrected chi connectivity index (χ4v) is 7.21. The summed E-state index contributed by atoms with van der Waals surface area (Å²) in [4.78, 5) is 60.9. The Labute approximate surface area is 302 Å². The first kappa shape index (κ1) is 39.4. The Morgan fingerprint density at radius 2 is 1.78 bits per heavy atom. The third-order valence-corrected chi connectivity index (χ3v) is 10.2. The van der Waals surface area contributed by atoms with Crippen molar-refractivity contribution in [3.63, 3.8) is 0 Å². The number of benzene rings is 1. The number of carboxylic acid groups (broad SMARTS) is 2. The number of carbonyl (C=O) groups is 4. The average Bonchev–Trinajstić information content (AvgIpc) is 3.50. The van der Waals surface area contributed by atoms with Gasteiger partial charge in [0.2, 0.25) is 11.9 Å². The van der Waals surface area contributed by atoms with E-state index >= 15 is 0 Å². The molecule has 4 rings (SSSR count). The molecule has 1 aromatic carbocycles. The largest absolute Gasteiger partial charge is 0.496 e. The third-order valence-electron chi connectivity index (χ3n) is 8.84. The molecule has 1 saturated heterocycles. The standard InChI is InChI=1S/C35H50N8O7S/c1-3-4-5-12-38-33-32-26(39-35(37)40-33)11-13-43(32)21-24-18-23(9-10-28(24)50-2)20-41-14-16-42(17-15-41)30(45)8-6-7-27(44)29(19-31(46)47)51-22-25(36)34(48)49/h9-11,13,18,25,29H,3-8,12,14-17,19-22,36H2,1-2H3,(H,46,47)(H,48,49)(H3,37,38,39,40)/t25-,29-/m0/s1. The second kappa shape index (κ2) is 19.3. The van der Waals surface area contributed by atoms with Crippen molar-refractivity contribution in [2.24, 2.45) is 5.73 Å². The second-order valence-corrected chi connectivity index (χ2v) is 14.0. The summed E-state index contributed by atoms with van der Waals surface area (Å²) in [6, 6.07) is 6.94. The van der Waals surface area contributed by atoms with E-state index in [4.69, 9.17) is 21.3 Å². The highest BCUT2D eigenvalue weighted by Gasteiger charge is 2.26. The van der Waals surface area contributed by atoms with Crippen LogP contribution in [0.2, 0.25) is 0 Å². The smallest absolute Gasteiger partial charge is 0.321 e. The molecule has 3 heterocycles. The lowest BCUT2D eigenvalue weighted by molar-refractivity contribution is -0.138. The Morgan fingerprint density at radius 3 is 2.47 bits per heavy atom. The zero-order valence-electron chi connectivity index (χ0n) is 29.4. The summed E-state index contributed by atoms with van der Waals surface area (Å²) in [7, 11) is 1.66. The molecule has 278 valence electrons. The number of aliphatic carboxylic acids is 2. The molecule has 51 heavy (non-hydrogen) atoms. The van der Waals surface area contributed by atoms with E-state index < -0.39 is 29.7 Å². The summed E-state index contributed by atoms with van der Waals surface area (Å²) in [5, 5.41) is 20.7. The van der Waals surface area contributed by atoms with Crippen LogP contribution in [0.5, 0.6) is 5.75 Å². The number of carbonyl (C=O) groups excluding carboxylic acids is 2. The van der Waals surface area contributed by atoms with Crippen molar-refractivity contribution in [3.05, 3.63) is 41.6 Å². The zero-order chi connectivity index (χ0) is 36.9. The van der Waals surface area contributed by atoms with Crippen LogP contribution in [0.25, 0.3) is 11.0 Å². The molecular formula is C35H50N8O7S. The minimum absolute atomic E-state index is 0.0371. The Hall–Kier alpha value is -4.41. The fourth-order valence-electron chi connectivity index (χ4n) is 6.06. The maximum atomic E-state index is 13.0. The highest BCUT2D eigenvalue weighted by Crippen LogP contribution is 2.28. The van der Waals surface area contributed by atoms with E-state index in [1.165, 1.54) is 0 Å². The predicted molar refractivity (Wildman–Crippen MR) is 197 cm³/mol. The number of rotatable bonds is 21. The number of ketones is 1. The first-order chi connectivity index (χ1) is 24.5. The topological polar surface area (TPSA) is 219 Å². The second-order valence-electron chi connectivity index (χ2n) is 12.7. The summed E-state index contributed by atoms with van der Waals surface area (Å²) in [6.45, 7) is 6.74. The third kappa shape index (κ3) is 11.6. The SMILES string of the molecule is CCCCCNc1nc(N)nc2ccn(Cc3cc(CN4CCN(C(=O)CCCC(=O)[C@H](CC(=O)O)SC[C@H](N)C(=O)O)CC4)ccc3OC)c12. The summed E-state index contributed by atoms with van der Waals surface area (Å²) in [5.74, 6) is -1.09. The number of carboxylic acids is 2. The first-order valence-electron chi connectivity index (χ1n) is 17.4. The molecule has 0 unspecified atom stereocenters. The molecule has 1 aliphatic rings. The molecule has 1 aliphatic heterocycles. The van der Waals surface area contributed by atoms with Crippen molar-refractivity contribution >= 4 is 58.2 Å². The molecule has 3 aromatic rings. The number of methoxy groups -OCH3 is 1. The van der Waals surface area contributed by atoms with Gasteiger partial charge in [-0.1, -0.05) is 25.8 Å². The number of piperazine rings is 1. The van der Waals surface area contributed by atoms with Gasteiger partial charge in [0.1, 0.15) is 23.1 Å². The maximum absolute atomic E-state index is 13.0. The number of nitrogens with zero attached hydrogens (tertiary/aromatic N) is 5. The van der Waals surface area contributed by atoms with E-state index in [-0.39, 0.29) is 36.2 Å². The fraction of sp³-hybridized carbons (Fsp3) is 0.543. The van der Waals surface area contributed by atoms with Gasteiger partial charge in [-0.2, -0.15) is 4.98 Å². The summed E-state index contributed by atoms with van der Waals surface area (Å²) < 4.78 is 7.83. The van der Waals surface area contributed by atoms with Crippen LogP contribution in [0.4, 0.5) is 11.8 Å². The van der Waals surface area contributed by atoms with Gasteiger partial charge in [-0.05, 0) is 36.6 Å².